The number of para-hydroxylation sites is 1. The Morgan fingerprint density at radius 3 is 2.63 bits per heavy atom. The van der Waals surface area contributed by atoms with Crippen molar-refractivity contribution in [3.8, 4) is 11.1 Å². The molecule has 1 aromatic heterocycles. The van der Waals surface area contributed by atoms with Gasteiger partial charge in [0.25, 0.3) is 5.91 Å². The maximum atomic E-state index is 12.6. The number of hydrogen-bond donors (Lipinski definition) is 2. The largest absolute Gasteiger partial charge is 0.378 e. The van der Waals surface area contributed by atoms with Crippen molar-refractivity contribution in [2.75, 3.05) is 17.7 Å². The number of anilines is 2. The molecule has 2 heterocycles. The minimum Gasteiger partial charge on any atom is -0.378 e. The zero-order chi connectivity index (χ0) is 21.3. The quantitative estimate of drug-likeness (QED) is 0.584. The van der Waals surface area contributed by atoms with Gasteiger partial charge in [-0.2, -0.15) is 5.10 Å². The van der Waals surface area contributed by atoms with E-state index in [1.165, 1.54) is 0 Å². The summed E-state index contributed by atoms with van der Waals surface area (Å²) in [4.78, 5) is 25.2. The first kappa shape index (κ1) is 20.4. The minimum atomic E-state index is -0.779. The van der Waals surface area contributed by atoms with Crippen LogP contribution in [-0.4, -0.2) is 28.7 Å². The Kier molecular flexibility index (Phi) is 5.76. The Labute approximate surface area is 182 Å². The second kappa shape index (κ2) is 8.47. The third kappa shape index (κ3) is 3.92. The monoisotopic (exact) mass is 444 g/mol. The number of benzene rings is 2. The van der Waals surface area contributed by atoms with Crippen LogP contribution in [0.3, 0.4) is 0 Å². The van der Waals surface area contributed by atoms with Crippen molar-refractivity contribution in [1.82, 2.24) is 9.78 Å². The number of rotatable bonds is 6. The predicted octanol–water partition coefficient (Wildman–Crippen LogP) is 4.53. The third-order valence-corrected chi connectivity index (χ3v) is 5.34. The average Bonchev–Trinajstić information content (AvgIpc) is 3.20. The molecule has 7 nitrogen and oxygen atoms in total. The van der Waals surface area contributed by atoms with Crippen molar-refractivity contribution in [2.24, 2.45) is 0 Å². The summed E-state index contributed by atoms with van der Waals surface area (Å²) in [6.45, 7) is 0.256. The van der Waals surface area contributed by atoms with Gasteiger partial charge in [0, 0.05) is 17.7 Å². The molecule has 3 aromatic rings. The molecule has 1 unspecified atom stereocenters. The highest BCUT2D eigenvalue weighted by molar-refractivity contribution is 6.33. The van der Waals surface area contributed by atoms with Crippen LogP contribution in [0, 0.1) is 0 Å². The van der Waals surface area contributed by atoms with Crippen LogP contribution in [0.4, 0.5) is 11.5 Å². The van der Waals surface area contributed by atoms with E-state index in [0.717, 1.165) is 11.1 Å². The number of ether oxygens (including phenoxy) is 1. The first-order chi connectivity index (χ1) is 14.5. The van der Waals surface area contributed by atoms with Crippen LogP contribution in [0.2, 0.25) is 10.0 Å². The standard InChI is InChI=1S/C21H18Cl2N4O3/c1-30-11-16-19(12-6-8-13(22)9-7-12)20-25-21(29)17(27(20)26-16)10-18(28)24-15-5-3-2-4-14(15)23/h2-9,17H,10-11H2,1H3,(H,24,28)(H,25,29). The first-order valence-electron chi connectivity index (χ1n) is 9.19. The lowest BCUT2D eigenvalue weighted by Gasteiger charge is -2.11. The number of halogens is 2. The highest BCUT2D eigenvalue weighted by Crippen LogP contribution is 2.39. The molecular formula is C21H18Cl2N4O3. The van der Waals surface area contributed by atoms with Crippen molar-refractivity contribution >= 4 is 46.5 Å². The van der Waals surface area contributed by atoms with Gasteiger partial charge in [-0.1, -0.05) is 47.5 Å². The molecule has 2 aromatic carbocycles. The number of carbonyl (C=O) groups is 2. The molecule has 1 atom stereocenters. The second-order valence-electron chi connectivity index (χ2n) is 6.79. The maximum Gasteiger partial charge on any atom is 0.251 e. The van der Waals surface area contributed by atoms with E-state index in [9.17, 15) is 9.59 Å². The third-order valence-electron chi connectivity index (χ3n) is 4.76. The van der Waals surface area contributed by atoms with E-state index in [1.807, 2.05) is 12.1 Å². The van der Waals surface area contributed by atoms with E-state index >= 15 is 0 Å². The molecular weight excluding hydrogens is 427 g/mol. The van der Waals surface area contributed by atoms with Gasteiger partial charge >= 0.3 is 0 Å². The van der Waals surface area contributed by atoms with Crippen LogP contribution in [0.25, 0.3) is 11.1 Å². The molecule has 4 rings (SSSR count). The number of fused-ring (bicyclic) bond motifs is 1. The van der Waals surface area contributed by atoms with Gasteiger partial charge in [-0.3, -0.25) is 9.59 Å². The lowest BCUT2D eigenvalue weighted by molar-refractivity contribution is -0.123. The van der Waals surface area contributed by atoms with Gasteiger partial charge in [0.15, 0.2) is 0 Å². The van der Waals surface area contributed by atoms with E-state index in [1.54, 1.807) is 48.2 Å². The highest BCUT2D eigenvalue weighted by Gasteiger charge is 2.37. The molecule has 1 aliphatic rings. The number of hydrogen-bond acceptors (Lipinski definition) is 4. The summed E-state index contributed by atoms with van der Waals surface area (Å²) in [7, 11) is 1.57. The molecule has 0 saturated carbocycles. The summed E-state index contributed by atoms with van der Waals surface area (Å²) in [5.74, 6) is -0.108. The lowest BCUT2D eigenvalue weighted by atomic mass is 10.1. The normalized spacial score (nSPS) is 15.0. The van der Waals surface area contributed by atoms with Gasteiger partial charge in [-0.05, 0) is 29.8 Å². The van der Waals surface area contributed by atoms with Gasteiger partial charge in [0.1, 0.15) is 11.9 Å². The minimum absolute atomic E-state index is 0.0851. The summed E-state index contributed by atoms with van der Waals surface area (Å²) < 4.78 is 6.83. The van der Waals surface area contributed by atoms with Crippen molar-refractivity contribution in [1.29, 1.82) is 0 Å². The fourth-order valence-corrected chi connectivity index (χ4v) is 3.72. The summed E-state index contributed by atoms with van der Waals surface area (Å²) in [6, 6.07) is 13.4. The Morgan fingerprint density at radius 2 is 1.93 bits per heavy atom. The van der Waals surface area contributed by atoms with E-state index in [2.05, 4.69) is 15.7 Å². The number of aromatic nitrogens is 2. The maximum absolute atomic E-state index is 12.6. The van der Waals surface area contributed by atoms with Crippen LogP contribution in [0.15, 0.2) is 48.5 Å². The molecule has 0 radical (unpaired) electrons. The van der Waals surface area contributed by atoms with E-state index in [-0.39, 0.29) is 24.8 Å². The molecule has 30 heavy (non-hydrogen) atoms. The fraction of sp³-hybridized carbons (Fsp3) is 0.190. The molecule has 0 spiro atoms. The SMILES string of the molecule is COCc1nn2c(c1-c1ccc(Cl)cc1)NC(=O)C2CC(=O)Nc1ccccc1Cl. The summed E-state index contributed by atoms with van der Waals surface area (Å²) in [5.41, 5.74) is 2.74. The van der Waals surface area contributed by atoms with Crippen LogP contribution < -0.4 is 10.6 Å². The zero-order valence-electron chi connectivity index (χ0n) is 16.0. The van der Waals surface area contributed by atoms with Crippen molar-refractivity contribution in [3.05, 3.63) is 64.3 Å². The Bertz CT molecular complexity index is 1110. The second-order valence-corrected chi connectivity index (χ2v) is 7.64. The van der Waals surface area contributed by atoms with Gasteiger partial charge in [0.2, 0.25) is 5.91 Å². The summed E-state index contributed by atoms with van der Waals surface area (Å²) >= 11 is 12.1. The molecule has 0 fully saturated rings. The van der Waals surface area contributed by atoms with Crippen LogP contribution in [0.1, 0.15) is 18.2 Å². The van der Waals surface area contributed by atoms with E-state index in [0.29, 0.717) is 27.2 Å². The highest BCUT2D eigenvalue weighted by atomic mass is 35.5. The average molecular weight is 445 g/mol. The van der Waals surface area contributed by atoms with Crippen LogP contribution in [0.5, 0.6) is 0 Å². The molecule has 2 N–H and O–H groups in total. The van der Waals surface area contributed by atoms with Gasteiger partial charge in [-0.15, -0.1) is 0 Å². The van der Waals surface area contributed by atoms with Crippen molar-refractivity contribution < 1.29 is 14.3 Å². The van der Waals surface area contributed by atoms with Gasteiger partial charge in [0.05, 0.1) is 29.4 Å². The number of carbonyl (C=O) groups excluding carboxylic acids is 2. The smallest absolute Gasteiger partial charge is 0.251 e. The van der Waals surface area contributed by atoms with Gasteiger partial charge in [-0.25, -0.2) is 4.68 Å². The van der Waals surface area contributed by atoms with E-state index < -0.39 is 6.04 Å². The molecule has 9 heteroatoms. The number of nitrogens with zero attached hydrogens (tertiary/aromatic N) is 2. The Balaban J connectivity index is 1.63. The van der Waals surface area contributed by atoms with Crippen LogP contribution in [-0.2, 0) is 20.9 Å². The fourth-order valence-electron chi connectivity index (χ4n) is 3.41. The van der Waals surface area contributed by atoms with E-state index in [4.69, 9.17) is 27.9 Å². The Hall–Kier alpha value is -2.87. The number of nitrogens with one attached hydrogen (secondary N) is 2. The molecule has 1 aliphatic heterocycles. The van der Waals surface area contributed by atoms with Crippen molar-refractivity contribution in [2.45, 2.75) is 19.1 Å². The summed E-state index contributed by atoms with van der Waals surface area (Å²) in [5, 5.41) is 11.2. The number of methoxy groups -OCH3 is 1. The van der Waals surface area contributed by atoms with Crippen molar-refractivity contribution in [3.63, 3.8) is 0 Å². The molecule has 2 amide bonds. The first-order valence-corrected chi connectivity index (χ1v) is 9.95. The zero-order valence-corrected chi connectivity index (χ0v) is 17.5. The molecule has 0 saturated heterocycles. The Morgan fingerprint density at radius 1 is 1.20 bits per heavy atom. The molecule has 154 valence electrons. The topological polar surface area (TPSA) is 85.2 Å². The lowest BCUT2D eigenvalue weighted by Crippen LogP contribution is -2.24. The molecule has 0 aliphatic carbocycles. The van der Waals surface area contributed by atoms with Crippen LogP contribution >= 0.6 is 23.2 Å². The molecule has 0 bridgehead atoms. The predicted molar refractivity (Wildman–Crippen MR) is 116 cm³/mol. The number of amides is 2. The summed E-state index contributed by atoms with van der Waals surface area (Å²) in [6.07, 6.45) is -0.0851. The van der Waals surface area contributed by atoms with Gasteiger partial charge < -0.3 is 15.4 Å².